The summed E-state index contributed by atoms with van der Waals surface area (Å²) in [7, 11) is 0. The van der Waals surface area contributed by atoms with Crippen molar-refractivity contribution in [2.45, 2.75) is 18.7 Å². The SMILES string of the molecule is Cc1ccc(SCC(C)C(=O)O)c(C#N)c1. The Balaban J connectivity index is 2.75. The smallest absolute Gasteiger partial charge is 0.307 e. The molecule has 1 N–H and O–H groups in total. The van der Waals surface area contributed by atoms with Gasteiger partial charge in [-0.25, -0.2) is 0 Å². The monoisotopic (exact) mass is 235 g/mol. The van der Waals surface area contributed by atoms with E-state index in [4.69, 9.17) is 10.4 Å². The van der Waals surface area contributed by atoms with Crippen LogP contribution in [0.25, 0.3) is 0 Å². The Kier molecular flexibility index (Phi) is 4.39. The maximum Gasteiger partial charge on any atom is 0.307 e. The van der Waals surface area contributed by atoms with Crippen LogP contribution in [-0.4, -0.2) is 16.8 Å². The van der Waals surface area contributed by atoms with Gasteiger partial charge in [0.25, 0.3) is 0 Å². The van der Waals surface area contributed by atoms with E-state index >= 15 is 0 Å². The maximum absolute atomic E-state index is 10.7. The molecule has 3 nitrogen and oxygen atoms in total. The molecule has 0 aromatic heterocycles. The van der Waals surface area contributed by atoms with Crippen LogP contribution >= 0.6 is 11.8 Å². The van der Waals surface area contributed by atoms with Crippen molar-refractivity contribution < 1.29 is 9.90 Å². The average molecular weight is 235 g/mol. The number of carbonyl (C=O) groups is 1. The van der Waals surface area contributed by atoms with E-state index in [1.165, 1.54) is 11.8 Å². The molecular weight excluding hydrogens is 222 g/mol. The zero-order chi connectivity index (χ0) is 12.1. The van der Waals surface area contributed by atoms with Gasteiger partial charge >= 0.3 is 5.97 Å². The zero-order valence-electron chi connectivity index (χ0n) is 9.23. The van der Waals surface area contributed by atoms with Gasteiger partial charge in [-0.1, -0.05) is 13.0 Å². The molecular formula is C12H13NO2S. The number of nitrogens with zero attached hydrogens (tertiary/aromatic N) is 1. The molecule has 4 heteroatoms. The van der Waals surface area contributed by atoms with Gasteiger partial charge in [0.2, 0.25) is 0 Å². The topological polar surface area (TPSA) is 61.1 Å². The molecule has 16 heavy (non-hydrogen) atoms. The number of thioether (sulfide) groups is 1. The second-order valence-corrected chi connectivity index (χ2v) is 4.72. The van der Waals surface area contributed by atoms with Crippen LogP contribution in [0.5, 0.6) is 0 Å². The molecule has 0 saturated heterocycles. The van der Waals surface area contributed by atoms with Crippen molar-refractivity contribution in [2.75, 3.05) is 5.75 Å². The molecule has 84 valence electrons. The number of benzene rings is 1. The van der Waals surface area contributed by atoms with Crippen LogP contribution in [-0.2, 0) is 4.79 Å². The van der Waals surface area contributed by atoms with E-state index in [-0.39, 0.29) is 0 Å². The van der Waals surface area contributed by atoms with E-state index in [1.807, 2.05) is 25.1 Å². The molecule has 0 saturated carbocycles. The largest absolute Gasteiger partial charge is 0.481 e. The maximum atomic E-state index is 10.7. The summed E-state index contributed by atoms with van der Waals surface area (Å²) in [5.74, 6) is -0.733. The number of rotatable bonds is 4. The minimum Gasteiger partial charge on any atom is -0.481 e. The van der Waals surface area contributed by atoms with E-state index in [0.717, 1.165) is 10.5 Å². The predicted molar refractivity (Wildman–Crippen MR) is 63.4 cm³/mol. The molecule has 1 rings (SSSR count). The third kappa shape index (κ3) is 3.28. The Morgan fingerprint density at radius 2 is 2.31 bits per heavy atom. The van der Waals surface area contributed by atoms with Gasteiger partial charge in [0, 0.05) is 10.6 Å². The summed E-state index contributed by atoms with van der Waals surface area (Å²) >= 11 is 1.41. The highest BCUT2D eigenvalue weighted by molar-refractivity contribution is 7.99. The molecule has 0 heterocycles. The van der Waals surface area contributed by atoms with Gasteiger partial charge in [-0.2, -0.15) is 5.26 Å². The second-order valence-electron chi connectivity index (χ2n) is 3.66. The highest BCUT2D eigenvalue weighted by atomic mass is 32.2. The summed E-state index contributed by atoms with van der Waals surface area (Å²) in [5, 5.41) is 17.7. The second kappa shape index (κ2) is 5.57. The third-order valence-corrected chi connectivity index (χ3v) is 3.50. The highest BCUT2D eigenvalue weighted by Crippen LogP contribution is 2.25. The molecule has 0 fully saturated rings. The highest BCUT2D eigenvalue weighted by Gasteiger charge is 2.12. The van der Waals surface area contributed by atoms with Crippen LogP contribution < -0.4 is 0 Å². The van der Waals surface area contributed by atoms with Crippen LogP contribution in [0.4, 0.5) is 0 Å². The summed E-state index contributed by atoms with van der Waals surface area (Å²) in [6, 6.07) is 7.73. The molecule has 1 aromatic rings. The number of aliphatic carboxylic acids is 1. The standard InChI is InChI=1S/C12H13NO2S/c1-8-3-4-11(10(5-8)6-13)16-7-9(2)12(14)15/h3-5,9H,7H2,1-2H3,(H,14,15). The van der Waals surface area contributed by atoms with Gasteiger partial charge in [0.1, 0.15) is 6.07 Å². The lowest BCUT2D eigenvalue weighted by Gasteiger charge is -2.07. The molecule has 1 atom stereocenters. The van der Waals surface area contributed by atoms with Gasteiger partial charge in [0.15, 0.2) is 0 Å². The van der Waals surface area contributed by atoms with Gasteiger partial charge in [-0.05, 0) is 24.6 Å². The van der Waals surface area contributed by atoms with Crippen molar-refractivity contribution in [3.8, 4) is 6.07 Å². The van der Waals surface area contributed by atoms with Crippen LogP contribution in [0.1, 0.15) is 18.1 Å². The molecule has 0 amide bonds. The van der Waals surface area contributed by atoms with Crippen LogP contribution in [0.3, 0.4) is 0 Å². The van der Waals surface area contributed by atoms with Gasteiger partial charge < -0.3 is 5.11 Å². The fourth-order valence-corrected chi connectivity index (χ4v) is 2.14. The number of hydrogen-bond acceptors (Lipinski definition) is 3. The first kappa shape index (κ1) is 12.6. The van der Waals surface area contributed by atoms with Crippen molar-refractivity contribution in [3.63, 3.8) is 0 Å². The number of nitriles is 1. The number of hydrogen-bond donors (Lipinski definition) is 1. The van der Waals surface area contributed by atoms with Crippen LogP contribution in [0, 0.1) is 24.2 Å². The van der Waals surface area contributed by atoms with Crippen molar-refractivity contribution in [1.29, 1.82) is 5.26 Å². The van der Waals surface area contributed by atoms with E-state index < -0.39 is 11.9 Å². The summed E-state index contributed by atoms with van der Waals surface area (Å²) < 4.78 is 0. The Morgan fingerprint density at radius 3 is 2.88 bits per heavy atom. The van der Waals surface area contributed by atoms with Gasteiger partial charge in [0.05, 0.1) is 11.5 Å². The van der Waals surface area contributed by atoms with Crippen molar-refractivity contribution in [3.05, 3.63) is 29.3 Å². The minimum atomic E-state index is -0.807. The lowest BCUT2D eigenvalue weighted by Crippen LogP contribution is -2.11. The lowest BCUT2D eigenvalue weighted by molar-refractivity contribution is -0.140. The van der Waals surface area contributed by atoms with E-state index in [2.05, 4.69) is 6.07 Å². The summed E-state index contributed by atoms with van der Waals surface area (Å²) in [6.07, 6.45) is 0. The Hall–Kier alpha value is -1.47. The quantitative estimate of drug-likeness (QED) is 0.815. The first-order valence-electron chi connectivity index (χ1n) is 4.91. The first-order chi connectivity index (χ1) is 7.54. The van der Waals surface area contributed by atoms with Crippen molar-refractivity contribution in [2.24, 2.45) is 5.92 Å². The summed E-state index contributed by atoms with van der Waals surface area (Å²) in [5.41, 5.74) is 1.65. The molecule has 0 bridgehead atoms. The van der Waals surface area contributed by atoms with Gasteiger partial charge in [-0.3, -0.25) is 4.79 Å². The summed E-state index contributed by atoms with van der Waals surface area (Å²) in [4.78, 5) is 11.5. The lowest BCUT2D eigenvalue weighted by atomic mass is 10.2. The molecule has 1 aromatic carbocycles. The molecule has 0 spiro atoms. The van der Waals surface area contributed by atoms with Gasteiger partial charge in [-0.15, -0.1) is 11.8 Å². The Bertz CT molecular complexity index is 437. The predicted octanol–water partition coefficient (Wildman–Crippen LogP) is 2.68. The molecule has 0 aliphatic carbocycles. The van der Waals surface area contributed by atoms with E-state index in [9.17, 15) is 4.79 Å². The molecule has 0 radical (unpaired) electrons. The van der Waals surface area contributed by atoms with Crippen molar-refractivity contribution >= 4 is 17.7 Å². The minimum absolute atomic E-state index is 0.405. The first-order valence-corrected chi connectivity index (χ1v) is 5.89. The average Bonchev–Trinajstić information content (AvgIpc) is 2.26. The normalized spacial score (nSPS) is 11.8. The Morgan fingerprint density at radius 1 is 1.62 bits per heavy atom. The number of carboxylic acid groups (broad SMARTS) is 1. The fraction of sp³-hybridized carbons (Fsp3) is 0.333. The number of aryl methyl sites for hydroxylation is 1. The Labute approximate surface area is 99.1 Å². The third-order valence-electron chi connectivity index (χ3n) is 2.17. The van der Waals surface area contributed by atoms with Crippen LogP contribution in [0.2, 0.25) is 0 Å². The van der Waals surface area contributed by atoms with E-state index in [0.29, 0.717) is 11.3 Å². The summed E-state index contributed by atoms with van der Waals surface area (Å²) in [6.45, 7) is 3.59. The zero-order valence-corrected chi connectivity index (χ0v) is 10.0. The molecule has 0 aliphatic heterocycles. The molecule has 1 unspecified atom stereocenters. The van der Waals surface area contributed by atoms with Crippen molar-refractivity contribution in [1.82, 2.24) is 0 Å². The van der Waals surface area contributed by atoms with Crippen LogP contribution in [0.15, 0.2) is 23.1 Å². The number of carboxylic acids is 1. The molecule has 0 aliphatic rings. The fourth-order valence-electron chi connectivity index (χ4n) is 1.14. The van der Waals surface area contributed by atoms with E-state index in [1.54, 1.807) is 6.92 Å².